The number of carbonyl (C=O) groups is 1. The molecule has 0 unspecified atom stereocenters. The van der Waals surface area contributed by atoms with E-state index in [0.717, 1.165) is 42.1 Å². The number of furan rings is 1. The Morgan fingerprint density at radius 2 is 2.12 bits per heavy atom. The minimum Gasteiger partial charge on any atom is -0.465 e. The molecule has 3 heterocycles. The molecule has 6 nitrogen and oxygen atoms in total. The lowest BCUT2D eigenvalue weighted by molar-refractivity contribution is 0.102. The van der Waals surface area contributed by atoms with Crippen molar-refractivity contribution in [3.63, 3.8) is 0 Å². The van der Waals surface area contributed by atoms with Gasteiger partial charge in [-0.2, -0.15) is 4.98 Å². The van der Waals surface area contributed by atoms with E-state index in [1.807, 2.05) is 23.6 Å². The molecule has 7 heteroatoms. The van der Waals surface area contributed by atoms with Crippen LogP contribution in [0.3, 0.4) is 0 Å². The van der Waals surface area contributed by atoms with Crippen molar-refractivity contribution in [3.05, 3.63) is 40.7 Å². The monoisotopic (exact) mass is 340 g/mol. The molecule has 5 rings (SSSR count). The van der Waals surface area contributed by atoms with Crippen LogP contribution in [0.2, 0.25) is 0 Å². The first kappa shape index (κ1) is 14.0. The first-order valence-electron chi connectivity index (χ1n) is 8.19. The normalized spacial score (nSPS) is 17.2. The van der Waals surface area contributed by atoms with Crippen molar-refractivity contribution in [2.75, 3.05) is 5.32 Å². The second-order valence-corrected chi connectivity index (χ2v) is 7.36. The Hall–Kier alpha value is -2.41. The van der Waals surface area contributed by atoms with Crippen LogP contribution in [0.5, 0.6) is 0 Å². The van der Waals surface area contributed by atoms with Gasteiger partial charge in [0.05, 0.1) is 10.4 Å². The summed E-state index contributed by atoms with van der Waals surface area (Å²) in [6.07, 6.45) is 4.51. The van der Waals surface area contributed by atoms with E-state index in [2.05, 4.69) is 20.5 Å². The third kappa shape index (κ3) is 2.54. The maximum atomic E-state index is 12.7. The van der Waals surface area contributed by atoms with Gasteiger partial charge in [0.1, 0.15) is 11.5 Å². The highest BCUT2D eigenvalue weighted by Gasteiger charge is 2.36. The lowest BCUT2D eigenvalue weighted by atomic mass is 10.1. The summed E-state index contributed by atoms with van der Waals surface area (Å²) in [4.78, 5) is 18.0. The smallest absolute Gasteiger partial charge is 0.261 e. The number of aromatic amines is 1. The van der Waals surface area contributed by atoms with Gasteiger partial charge in [-0.3, -0.25) is 15.2 Å². The molecule has 24 heavy (non-hydrogen) atoms. The fraction of sp³-hybridized carbons (Fsp3) is 0.353. The Kier molecular flexibility index (Phi) is 3.09. The second kappa shape index (κ2) is 5.31. The lowest BCUT2D eigenvalue weighted by Crippen LogP contribution is -2.13. The van der Waals surface area contributed by atoms with Gasteiger partial charge in [0.25, 0.3) is 5.91 Å². The average molecular weight is 340 g/mol. The number of hydrogen-bond acceptors (Lipinski definition) is 5. The van der Waals surface area contributed by atoms with Gasteiger partial charge in [-0.25, -0.2) is 0 Å². The number of amides is 1. The van der Waals surface area contributed by atoms with Crippen molar-refractivity contribution in [2.45, 2.75) is 37.5 Å². The third-order valence-corrected chi connectivity index (χ3v) is 5.29. The zero-order chi connectivity index (χ0) is 16.1. The molecule has 2 N–H and O–H groups in total. The number of thiophene rings is 1. The van der Waals surface area contributed by atoms with Crippen LogP contribution in [0.1, 0.15) is 59.4 Å². The number of nitrogens with zero attached hydrogens (tertiary/aromatic N) is 2. The van der Waals surface area contributed by atoms with Crippen molar-refractivity contribution < 1.29 is 9.21 Å². The zero-order valence-corrected chi connectivity index (χ0v) is 13.7. The molecule has 122 valence electrons. The zero-order valence-electron chi connectivity index (χ0n) is 12.9. The van der Waals surface area contributed by atoms with Gasteiger partial charge in [-0.1, -0.05) is 6.07 Å². The molecule has 0 spiro atoms. The van der Waals surface area contributed by atoms with Crippen LogP contribution in [-0.2, 0) is 0 Å². The number of H-pyrrole nitrogens is 1. The maximum Gasteiger partial charge on any atom is 0.261 e. The van der Waals surface area contributed by atoms with E-state index in [1.54, 1.807) is 11.3 Å². The summed E-state index contributed by atoms with van der Waals surface area (Å²) in [5.74, 6) is 3.45. The number of carbonyl (C=O) groups excluding carboxylic acids is 1. The molecule has 3 aromatic rings. The minimum absolute atomic E-state index is 0.190. The van der Waals surface area contributed by atoms with Gasteiger partial charge >= 0.3 is 0 Å². The number of nitrogens with one attached hydrogen (secondary N) is 2. The highest BCUT2D eigenvalue weighted by Crippen LogP contribution is 2.47. The van der Waals surface area contributed by atoms with Crippen LogP contribution in [0.25, 0.3) is 10.7 Å². The molecule has 2 fully saturated rings. The van der Waals surface area contributed by atoms with Gasteiger partial charge < -0.3 is 4.42 Å². The Morgan fingerprint density at radius 1 is 1.29 bits per heavy atom. The van der Waals surface area contributed by atoms with Gasteiger partial charge in [0.15, 0.2) is 5.82 Å². The first-order chi connectivity index (χ1) is 11.8. The number of rotatable bonds is 5. The van der Waals surface area contributed by atoms with E-state index in [4.69, 9.17) is 4.42 Å². The first-order valence-corrected chi connectivity index (χ1v) is 9.07. The van der Waals surface area contributed by atoms with E-state index in [-0.39, 0.29) is 5.91 Å². The largest absolute Gasteiger partial charge is 0.465 e. The molecule has 3 aromatic heterocycles. The van der Waals surface area contributed by atoms with Gasteiger partial charge in [-0.05, 0) is 43.2 Å². The van der Waals surface area contributed by atoms with Gasteiger partial charge in [0, 0.05) is 11.8 Å². The number of anilines is 1. The predicted molar refractivity (Wildman–Crippen MR) is 90.3 cm³/mol. The van der Waals surface area contributed by atoms with Crippen molar-refractivity contribution in [2.24, 2.45) is 0 Å². The third-order valence-electron chi connectivity index (χ3n) is 4.42. The molecule has 0 saturated heterocycles. The second-order valence-electron chi connectivity index (χ2n) is 6.41. The predicted octanol–water partition coefficient (Wildman–Crippen LogP) is 4.13. The fourth-order valence-electron chi connectivity index (χ4n) is 2.83. The van der Waals surface area contributed by atoms with Crippen LogP contribution in [0.4, 0.5) is 5.95 Å². The molecule has 2 saturated carbocycles. The highest BCUT2D eigenvalue weighted by molar-refractivity contribution is 7.13. The van der Waals surface area contributed by atoms with Crippen LogP contribution >= 0.6 is 11.3 Å². The lowest BCUT2D eigenvalue weighted by Gasteiger charge is -2.00. The van der Waals surface area contributed by atoms with E-state index >= 15 is 0 Å². The average Bonchev–Trinajstić information content (AvgIpc) is 3.45. The Balaban J connectivity index is 1.38. The van der Waals surface area contributed by atoms with Crippen LogP contribution in [-0.4, -0.2) is 21.1 Å². The van der Waals surface area contributed by atoms with E-state index in [0.29, 0.717) is 29.2 Å². The molecule has 0 atom stereocenters. The molecule has 0 radical (unpaired) electrons. The minimum atomic E-state index is -0.190. The maximum absolute atomic E-state index is 12.7. The van der Waals surface area contributed by atoms with Crippen molar-refractivity contribution >= 4 is 23.2 Å². The molecule has 0 bridgehead atoms. The topological polar surface area (TPSA) is 83.8 Å². The molecule has 0 aliphatic heterocycles. The van der Waals surface area contributed by atoms with Gasteiger partial charge in [0.2, 0.25) is 5.95 Å². The van der Waals surface area contributed by atoms with Crippen LogP contribution in [0.15, 0.2) is 28.0 Å². The molecule has 0 aromatic carbocycles. The summed E-state index contributed by atoms with van der Waals surface area (Å²) >= 11 is 1.57. The summed E-state index contributed by atoms with van der Waals surface area (Å²) in [6, 6.07) is 5.82. The fourth-order valence-corrected chi connectivity index (χ4v) is 3.49. The van der Waals surface area contributed by atoms with Crippen molar-refractivity contribution in [1.82, 2.24) is 15.2 Å². The number of aromatic nitrogens is 3. The standard InChI is InChI=1S/C17H16N4O2S/c22-16(19-17-18-15(20-21-17)13-2-1-7-24-13)11-8-12(9-3-4-9)23-14(11)10-5-6-10/h1-2,7-10H,3-6H2,(H2,18,19,20,21,22). The van der Waals surface area contributed by atoms with Gasteiger partial charge in [-0.15, -0.1) is 16.4 Å². The van der Waals surface area contributed by atoms with E-state index in [1.165, 1.54) is 0 Å². The van der Waals surface area contributed by atoms with Crippen molar-refractivity contribution in [1.29, 1.82) is 0 Å². The van der Waals surface area contributed by atoms with E-state index in [9.17, 15) is 4.79 Å². The van der Waals surface area contributed by atoms with Crippen LogP contribution in [0, 0.1) is 0 Å². The molecular weight excluding hydrogens is 324 g/mol. The quantitative estimate of drug-likeness (QED) is 0.731. The summed E-state index contributed by atoms with van der Waals surface area (Å²) in [5, 5.41) is 11.7. The summed E-state index contributed by atoms with van der Waals surface area (Å²) < 4.78 is 5.98. The molecule has 1 amide bonds. The molecular formula is C17H16N4O2S. The molecule has 2 aliphatic carbocycles. The highest BCUT2D eigenvalue weighted by atomic mass is 32.1. The number of hydrogen-bond donors (Lipinski definition) is 2. The van der Waals surface area contributed by atoms with E-state index < -0.39 is 0 Å². The Bertz CT molecular complexity index is 888. The molecule has 2 aliphatic rings. The Morgan fingerprint density at radius 3 is 2.83 bits per heavy atom. The SMILES string of the molecule is O=C(Nc1n[nH]c(-c2cccs2)n1)c1cc(C2CC2)oc1C1CC1. The van der Waals surface area contributed by atoms with Crippen LogP contribution < -0.4 is 5.32 Å². The summed E-state index contributed by atoms with van der Waals surface area (Å²) in [6.45, 7) is 0. The van der Waals surface area contributed by atoms with Crippen molar-refractivity contribution in [3.8, 4) is 10.7 Å². The Labute approximate surface area is 142 Å². The summed E-state index contributed by atoms with van der Waals surface area (Å²) in [5.41, 5.74) is 0.641. The summed E-state index contributed by atoms with van der Waals surface area (Å²) in [7, 11) is 0.